The molecule has 14 heteroatoms. The number of carbonyl (C=O) groups is 1. The van der Waals surface area contributed by atoms with Gasteiger partial charge in [0.2, 0.25) is 15.9 Å². The van der Waals surface area contributed by atoms with Gasteiger partial charge in [0, 0.05) is 48.2 Å². The predicted octanol–water partition coefficient (Wildman–Crippen LogP) is 4.23. The number of hydrogen-bond donors (Lipinski definition) is 3. The fourth-order valence-corrected chi connectivity index (χ4v) is 7.71. The minimum atomic E-state index is -3.66. The van der Waals surface area contributed by atoms with Gasteiger partial charge in [-0.2, -0.15) is 0 Å². The molecule has 5 rings (SSSR count). The number of nitrogens with two attached hydrogens (primary N) is 1. The zero-order valence-electron chi connectivity index (χ0n) is 25.4. The molecule has 2 aromatic carbocycles. The molecule has 1 fully saturated rings. The van der Waals surface area contributed by atoms with Crippen LogP contribution in [0.3, 0.4) is 0 Å². The van der Waals surface area contributed by atoms with E-state index in [1.807, 2.05) is 12.3 Å². The normalized spacial score (nSPS) is 20.2. The lowest BCUT2D eigenvalue weighted by Crippen LogP contribution is -2.49. The van der Waals surface area contributed by atoms with Crippen LogP contribution < -0.4 is 20.5 Å². The number of piperidine rings is 1. The van der Waals surface area contributed by atoms with E-state index in [-0.39, 0.29) is 29.0 Å². The van der Waals surface area contributed by atoms with Crippen molar-refractivity contribution in [2.75, 3.05) is 19.6 Å². The van der Waals surface area contributed by atoms with Crippen LogP contribution in [0.2, 0.25) is 10.0 Å². The number of unbranched alkanes of at least 4 members (excludes halogenated alkanes) is 3. The van der Waals surface area contributed by atoms with Gasteiger partial charge in [0.05, 0.1) is 23.7 Å². The zero-order valence-corrected chi connectivity index (χ0v) is 27.8. The Balaban J connectivity index is 1.11. The number of fused-ring (bicyclic) bond motifs is 1. The Hall–Kier alpha value is -2.74. The summed E-state index contributed by atoms with van der Waals surface area (Å²) in [7, 11) is -3.66. The average molecular weight is 679 g/mol. The summed E-state index contributed by atoms with van der Waals surface area (Å²) in [6.07, 6.45) is 7.71. The first-order chi connectivity index (χ1) is 21.6. The number of hydrogen-bond acceptors (Lipinski definition) is 8. The first kappa shape index (κ1) is 33.6. The smallest absolute Gasteiger partial charge is 0.240 e. The van der Waals surface area contributed by atoms with E-state index in [0.717, 1.165) is 69.2 Å². The number of carbonyl (C=O) groups excluding carboxylic acids is 1. The van der Waals surface area contributed by atoms with Crippen LogP contribution >= 0.6 is 23.2 Å². The zero-order chi connectivity index (χ0) is 32.0. The molecule has 3 atom stereocenters. The summed E-state index contributed by atoms with van der Waals surface area (Å²) in [5.74, 6) is 0.463. The van der Waals surface area contributed by atoms with Gasteiger partial charge >= 0.3 is 0 Å². The third-order valence-corrected chi connectivity index (χ3v) is 10.4. The van der Waals surface area contributed by atoms with Crippen LogP contribution in [-0.2, 0) is 34.3 Å². The molecule has 1 aliphatic carbocycles. The van der Waals surface area contributed by atoms with E-state index < -0.39 is 10.0 Å². The summed E-state index contributed by atoms with van der Waals surface area (Å²) < 4.78 is 36.9. The molecule has 1 aromatic heterocycles. The van der Waals surface area contributed by atoms with E-state index in [0.29, 0.717) is 41.1 Å². The van der Waals surface area contributed by atoms with Crippen LogP contribution in [0, 0.1) is 0 Å². The van der Waals surface area contributed by atoms with Gasteiger partial charge in [0.15, 0.2) is 0 Å². The van der Waals surface area contributed by atoms with Crippen LogP contribution in [0.25, 0.3) is 0 Å². The van der Waals surface area contributed by atoms with E-state index in [1.54, 1.807) is 35.0 Å². The van der Waals surface area contributed by atoms with Crippen molar-refractivity contribution >= 4 is 39.1 Å². The quantitative estimate of drug-likeness (QED) is 0.215. The van der Waals surface area contributed by atoms with Crippen molar-refractivity contribution in [2.45, 2.75) is 88.0 Å². The first-order valence-corrected chi connectivity index (χ1v) is 17.7. The summed E-state index contributed by atoms with van der Waals surface area (Å²) in [6, 6.07) is 10.4. The number of halogens is 2. The molecule has 0 unspecified atom stereocenters. The van der Waals surface area contributed by atoms with Crippen molar-refractivity contribution in [3.05, 3.63) is 69.5 Å². The largest absolute Gasteiger partial charge is 0.484 e. The maximum absolute atomic E-state index is 12.9. The van der Waals surface area contributed by atoms with Gasteiger partial charge in [-0.25, -0.2) is 13.1 Å². The van der Waals surface area contributed by atoms with Gasteiger partial charge in [-0.3, -0.25) is 14.4 Å². The fraction of sp³-hybridized carbons (Fsp3) is 0.516. The third kappa shape index (κ3) is 8.96. The SMILES string of the molecule is CC(=O)NCc1cn(CCCCCCNS(=O)(=O)c2ccc(O[C@H]3c4cc(Cl)cc(Cl)c4C[C@@H]3N3CCC[C@@H](N)C3)cc2)nn1. The molecular weight excluding hydrogens is 637 g/mol. The number of likely N-dealkylation sites (tertiary alicyclic amines) is 1. The molecule has 11 nitrogen and oxygen atoms in total. The summed E-state index contributed by atoms with van der Waals surface area (Å²) in [5, 5.41) is 12.0. The molecule has 4 N–H and O–H groups in total. The molecule has 1 amide bonds. The topological polar surface area (TPSA) is 144 Å². The van der Waals surface area contributed by atoms with Crippen LogP contribution in [0.1, 0.15) is 68.4 Å². The number of sulfonamides is 1. The van der Waals surface area contributed by atoms with Crippen molar-refractivity contribution in [1.82, 2.24) is 29.9 Å². The van der Waals surface area contributed by atoms with E-state index in [1.165, 1.54) is 6.92 Å². The lowest BCUT2D eigenvalue weighted by Gasteiger charge is -2.38. The standard InChI is InChI=1S/C31H41Cl2N7O4S/c1-21(41)35-18-24-20-40(38-37-24)14-5-3-2-4-12-36-45(42,43)26-10-8-25(9-11-26)44-31-28-15-22(32)16-29(33)27(28)17-30(31)39-13-6-7-23(34)19-39/h8-11,15-16,20,23,30-31,36H,2-7,12-14,17-19,34H2,1H3,(H,35,41)/t23-,30+,31+/m1/s1. The van der Waals surface area contributed by atoms with Crippen molar-refractivity contribution < 1.29 is 17.9 Å². The molecule has 45 heavy (non-hydrogen) atoms. The second-order valence-electron chi connectivity index (χ2n) is 11.8. The van der Waals surface area contributed by atoms with Crippen molar-refractivity contribution in [3.63, 3.8) is 0 Å². The molecule has 2 heterocycles. The molecule has 1 saturated heterocycles. The Labute approximate surface area is 274 Å². The maximum Gasteiger partial charge on any atom is 0.240 e. The Morgan fingerprint density at radius 3 is 2.67 bits per heavy atom. The highest BCUT2D eigenvalue weighted by atomic mass is 35.5. The molecule has 0 spiro atoms. The Kier molecular flexibility index (Phi) is 11.4. The Morgan fingerprint density at radius 2 is 1.91 bits per heavy atom. The Morgan fingerprint density at radius 1 is 1.13 bits per heavy atom. The number of aryl methyl sites for hydroxylation is 1. The van der Waals surface area contributed by atoms with Crippen LogP contribution in [0.5, 0.6) is 5.75 Å². The van der Waals surface area contributed by atoms with Gasteiger partial charge in [0.25, 0.3) is 0 Å². The van der Waals surface area contributed by atoms with Gasteiger partial charge in [-0.15, -0.1) is 5.10 Å². The van der Waals surface area contributed by atoms with Gasteiger partial charge < -0.3 is 15.8 Å². The minimum absolute atomic E-state index is 0.0520. The minimum Gasteiger partial charge on any atom is -0.484 e. The number of nitrogens with zero attached hydrogens (tertiary/aromatic N) is 4. The van der Waals surface area contributed by atoms with Crippen LogP contribution in [0.15, 0.2) is 47.5 Å². The summed E-state index contributed by atoms with van der Waals surface area (Å²) >= 11 is 13.0. The van der Waals surface area contributed by atoms with Crippen molar-refractivity contribution in [1.29, 1.82) is 0 Å². The highest BCUT2D eigenvalue weighted by molar-refractivity contribution is 7.89. The second-order valence-corrected chi connectivity index (χ2v) is 14.4. The first-order valence-electron chi connectivity index (χ1n) is 15.5. The molecular formula is C31H41Cl2N7O4S. The molecule has 0 radical (unpaired) electrons. The lowest BCUT2D eigenvalue weighted by atomic mass is 10.0. The molecule has 244 valence electrons. The number of amides is 1. The number of benzene rings is 2. The van der Waals surface area contributed by atoms with Gasteiger partial charge in [-0.1, -0.05) is 41.3 Å². The predicted molar refractivity (Wildman–Crippen MR) is 174 cm³/mol. The molecule has 0 bridgehead atoms. The summed E-state index contributed by atoms with van der Waals surface area (Å²) in [6.45, 7) is 4.61. The Bertz CT molecular complexity index is 1570. The van der Waals surface area contributed by atoms with Gasteiger partial charge in [-0.05, 0) is 80.6 Å². The lowest BCUT2D eigenvalue weighted by molar-refractivity contribution is -0.119. The van der Waals surface area contributed by atoms with Crippen LogP contribution in [-0.4, -0.2) is 65.9 Å². The average Bonchev–Trinajstić information content (AvgIpc) is 3.60. The number of aromatic nitrogens is 3. The highest BCUT2D eigenvalue weighted by Crippen LogP contribution is 2.43. The van der Waals surface area contributed by atoms with E-state index in [2.05, 4.69) is 25.3 Å². The molecule has 0 saturated carbocycles. The van der Waals surface area contributed by atoms with Crippen molar-refractivity contribution in [3.8, 4) is 5.75 Å². The molecule has 1 aliphatic heterocycles. The van der Waals surface area contributed by atoms with E-state index in [4.69, 9.17) is 33.7 Å². The van der Waals surface area contributed by atoms with E-state index >= 15 is 0 Å². The second kappa shape index (κ2) is 15.2. The summed E-state index contributed by atoms with van der Waals surface area (Å²) in [5.41, 5.74) is 9.01. The van der Waals surface area contributed by atoms with Crippen LogP contribution in [0.4, 0.5) is 0 Å². The van der Waals surface area contributed by atoms with Gasteiger partial charge in [0.1, 0.15) is 17.5 Å². The maximum atomic E-state index is 12.9. The number of nitrogens with one attached hydrogen (secondary N) is 2. The number of rotatable bonds is 14. The monoisotopic (exact) mass is 677 g/mol. The fourth-order valence-electron chi connectivity index (χ4n) is 6.05. The number of ether oxygens (including phenoxy) is 1. The third-order valence-electron chi connectivity index (χ3n) is 8.33. The van der Waals surface area contributed by atoms with E-state index in [9.17, 15) is 13.2 Å². The summed E-state index contributed by atoms with van der Waals surface area (Å²) in [4.78, 5) is 13.6. The highest BCUT2D eigenvalue weighted by Gasteiger charge is 2.40. The molecule has 2 aliphatic rings. The molecule has 3 aromatic rings. The van der Waals surface area contributed by atoms with Crippen molar-refractivity contribution in [2.24, 2.45) is 5.73 Å².